The molecule has 9 heteroatoms. The van der Waals surface area contributed by atoms with Gasteiger partial charge in [-0.1, -0.05) is 54.4 Å². The fraction of sp³-hybridized carbons (Fsp3) is 0.481. The number of hydrogen-bond acceptors (Lipinski definition) is 4. The van der Waals surface area contributed by atoms with Crippen molar-refractivity contribution in [3.05, 3.63) is 64.2 Å². The van der Waals surface area contributed by atoms with E-state index < -0.39 is 16.1 Å². The van der Waals surface area contributed by atoms with Crippen LogP contribution in [-0.4, -0.2) is 50.0 Å². The predicted octanol–water partition coefficient (Wildman–Crippen LogP) is 4.84. The van der Waals surface area contributed by atoms with Crippen molar-refractivity contribution in [2.45, 2.75) is 72.5 Å². The molecule has 2 atom stereocenters. The number of halogens is 1. The van der Waals surface area contributed by atoms with Gasteiger partial charge in [0.1, 0.15) is 6.04 Å². The van der Waals surface area contributed by atoms with Crippen LogP contribution in [0, 0.1) is 13.8 Å². The van der Waals surface area contributed by atoms with Crippen LogP contribution in [0.25, 0.3) is 0 Å². The van der Waals surface area contributed by atoms with Crippen molar-refractivity contribution in [3.63, 3.8) is 0 Å². The van der Waals surface area contributed by atoms with Gasteiger partial charge in [0.05, 0.1) is 11.9 Å². The minimum atomic E-state index is -3.59. The number of nitrogens with zero attached hydrogens (tertiary/aromatic N) is 2. The molecule has 0 saturated heterocycles. The molecular formula is C27H38ClN3O4S. The summed E-state index contributed by atoms with van der Waals surface area (Å²) < 4.78 is 26.4. The number of rotatable bonds is 12. The van der Waals surface area contributed by atoms with Crippen LogP contribution < -0.4 is 9.62 Å². The Morgan fingerprint density at radius 2 is 1.75 bits per heavy atom. The molecule has 1 N–H and O–H groups in total. The van der Waals surface area contributed by atoms with Gasteiger partial charge >= 0.3 is 0 Å². The standard InChI is InChI=1S/C27H38ClN3O4S/c1-7-20(3)29-27(33)22(5)30(18-23-12-8-11-19(2)17-23)26(32)15-10-16-31(36(6,34)35)25-14-9-13-24(28)21(25)4/h8-9,11-14,17,20,22H,7,10,15-16,18H2,1-6H3,(H,29,33)/t20-,22+/m0/s1. The Balaban J connectivity index is 2.21. The molecule has 0 radical (unpaired) electrons. The van der Waals surface area contributed by atoms with Crippen LogP contribution in [0.2, 0.25) is 5.02 Å². The second-order valence-corrected chi connectivity index (χ2v) is 11.6. The van der Waals surface area contributed by atoms with E-state index in [1.807, 2.05) is 45.0 Å². The van der Waals surface area contributed by atoms with Crippen LogP contribution in [0.15, 0.2) is 42.5 Å². The van der Waals surface area contributed by atoms with E-state index in [1.54, 1.807) is 36.9 Å². The van der Waals surface area contributed by atoms with E-state index in [2.05, 4.69) is 5.32 Å². The molecule has 0 spiro atoms. The summed E-state index contributed by atoms with van der Waals surface area (Å²) in [5, 5.41) is 3.43. The number of carbonyl (C=O) groups excluding carboxylic acids is 2. The number of carbonyl (C=O) groups is 2. The summed E-state index contributed by atoms with van der Waals surface area (Å²) in [7, 11) is -3.59. The van der Waals surface area contributed by atoms with Crippen molar-refractivity contribution in [3.8, 4) is 0 Å². The zero-order chi connectivity index (χ0) is 27.0. The average molecular weight is 536 g/mol. The molecule has 2 amide bonds. The minimum Gasteiger partial charge on any atom is -0.352 e. The fourth-order valence-corrected chi connectivity index (χ4v) is 5.09. The van der Waals surface area contributed by atoms with Crippen LogP contribution in [0.1, 0.15) is 56.7 Å². The fourth-order valence-electron chi connectivity index (χ4n) is 3.90. The monoisotopic (exact) mass is 535 g/mol. The summed E-state index contributed by atoms with van der Waals surface area (Å²) in [5.74, 6) is -0.419. The summed E-state index contributed by atoms with van der Waals surface area (Å²) in [4.78, 5) is 27.8. The molecule has 0 aliphatic rings. The highest BCUT2D eigenvalue weighted by molar-refractivity contribution is 7.92. The molecule has 2 rings (SSSR count). The lowest BCUT2D eigenvalue weighted by Gasteiger charge is -2.30. The predicted molar refractivity (Wildman–Crippen MR) is 147 cm³/mol. The van der Waals surface area contributed by atoms with Gasteiger partial charge in [-0.15, -0.1) is 0 Å². The normalized spacial score (nSPS) is 13.1. The zero-order valence-corrected chi connectivity index (χ0v) is 23.6. The molecule has 2 aromatic rings. The van der Waals surface area contributed by atoms with Crippen LogP contribution in [-0.2, 0) is 26.2 Å². The van der Waals surface area contributed by atoms with E-state index in [0.717, 1.165) is 23.8 Å². The first-order valence-electron chi connectivity index (χ1n) is 12.2. The molecule has 0 unspecified atom stereocenters. The summed E-state index contributed by atoms with van der Waals surface area (Å²) >= 11 is 6.21. The maximum atomic E-state index is 13.4. The van der Waals surface area contributed by atoms with Gasteiger partial charge in [0, 0.05) is 30.6 Å². The molecule has 198 valence electrons. The quantitative estimate of drug-likeness (QED) is 0.421. The highest BCUT2D eigenvalue weighted by atomic mass is 35.5. The van der Waals surface area contributed by atoms with Gasteiger partial charge in [-0.2, -0.15) is 0 Å². The van der Waals surface area contributed by atoms with Gasteiger partial charge in [-0.25, -0.2) is 8.42 Å². The van der Waals surface area contributed by atoms with Gasteiger partial charge in [-0.3, -0.25) is 13.9 Å². The Labute approximate surface area is 220 Å². The summed E-state index contributed by atoms with van der Waals surface area (Å²) in [5.41, 5.74) is 3.15. The number of amides is 2. The average Bonchev–Trinajstić information content (AvgIpc) is 2.81. The Bertz CT molecular complexity index is 1170. The van der Waals surface area contributed by atoms with Gasteiger partial charge in [0.2, 0.25) is 21.8 Å². The summed E-state index contributed by atoms with van der Waals surface area (Å²) in [6, 6.07) is 12.3. The number of nitrogens with one attached hydrogen (secondary N) is 1. The molecule has 36 heavy (non-hydrogen) atoms. The van der Waals surface area contributed by atoms with E-state index in [-0.39, 0.29) is 30.8 Å². The van der Waals surface area contributed by atoms with E-state index in [4.69, 9.17) is 11.6 Å². The second kappa shape index (κ2) is 13.1. The third kappa shape index (κ3) is 8.23. The largest absolute Gasteiger partial charge is 0.352 e. The maximum Gasteiger partial charge on any atom is 0.242 e. The van der Waals surface area contributed by atoms with Crippen molar-refractivity contribution in [2.24, 2.45) is 0 Å². The summed E-state index contributed by atoms with van der Waals surface area (Å²) in [6.07, 6.45) is 2.31. The topological polar surface area (TPSA) is 86.8 Å². The lowest BCUT2D eigenvalue weighted by Crippen LogP contribution is -2.49. The summed E-state index contributed by atoms with van der Waals surface area (Å²) in [6.45, 7) is 9.80. The molecule has 0 aliphatic heterocycles. The Morgan fingerprint density at radius 3 is 2.36 bits per heavy atom. The number of anilines is 1. The molecule has 0 aliphatic carbocycles. The Hall–Kier alpha value is -2.58. The molecule has 0 bridgehead atoms. The number of benzene rings is 2. The first kappa shape index (κ1) is 29.6. The first-order valence-corrected chi connectivity index (χ1v) is 14.5. The van der Waals surface area contributed by atoms with Crippen LogP contribution in [0.5, 0.6) is 0 Å². The Kier molecular flexibility index (Phi) is 10.8. The van der Waals surface area contributed by atoms with Crippen molar-refractivity contribution < 1.29 is 18.0 Å². The molecule has 0 aromatic heterocycles. The lowest BCUT2D eigenvalue weighted by atomic mass is 10.1. The van der Waals surface area contributed by atoms with Crippen LogP contribution >= 0.6 is 11.6 Å². The van der Waals surface area contributed by atoms with Crippen LogP contribution in [0.3, 0.4) is 0 Å². The SMILES string of the molecule is CC[C@H](C)NC(=O)[C@@H](C)N(Cc1cccc(C)c1)C(=O)CCCN(c1cccc(Cl)c1C)S(C)(=O)=O. The number of hydrogen-bond donors (Lipinski definition) is 1. The van der Waals surface area contributed by atoms with E-state index in [0.29, 0.717) is 29.2 Å². The van der Waals surface area contributed by atoms with Gasteiger partial charge in [-0.05, 0) is 63.8 Å². The van der Waals surface area contributed by atoms with E-state index >= 15 is 0 Å². The zero-order valence-electron chi connectivity index (χ0n) is 22.0. The second-order valence-electron chi connectivity index (χ2n) is 9.33. The smallest absolute Gasteiger partial charge is 0.242 e. The van der Waals surface area contributed by atoms with Crippen molar-refractivity contribution >= 4 is 39.1 Å². The van der Waals surface area contributed by atoms with Gasteiger partial charge in [0.15, 0.2) is 0 Å². The third-order valence-electron chi connectivity index (χ3n) is 6.26. The van der Waals surface area contributed by atoms with Gasteiger partial charge < -0.3 is 10.2 Å². The minimum absolute atomic E-state index is 0.000117. The highest BCUT2D eigenvalue weighted by Crippen LogP contribution is 2.28. The van der Waals surface area contributed by atoms with Crippen molar-refractivity contribution in [2.75, 3.05) is 17.1 Å². The number of sulfonamides is 1. The molecule has 7 nitrogen and oxygen atoms in total. The van der Waals surface area contributed by atoms with Crippen LogP contribution in [0.4, 0.5) is 5.69 Å². The third-order valence-corrected chi connectivity index (χ3v) is 7.85. The maximum absolute atomic E-state index is 13.4. The van der Waals surface area contributed by atoms with E-state index in [9.17, 15) is 18.0 Å². The molecular weight excluding hydrogens is 498 g/mol. The Morgan fingerprint density at radius 1 is 1.08 bits per heavy atom. The highest BCUT2D eigenvalue weighted by Gasteiger charge is 2.27. The number of aryl methyl sites for hydroxylation is 1. The van der Waals surface area contributed by atoms with E-state index in [1.165, 1.54) is 4.31 Å². The first-order chi connectivity index (χ1) is 16.8. The molecule has 0 fully saturated rings. The lowest BCUT2D eigenvalue weighted by molar-refractivity contribution is -0.140. The molecule has 2 aromatic carbocycles. The van der Waals surface area contributed by atoms with Gasteiger partial charge in [0.25, 0.3) is 0 Å². The van der Waals surface area contributed by atoms with Crippen molar-refractivity contribution in [1.29, 1.82) is 0 Å². The molecule has 0 saturated carbocycles. The molecule has 0 heterocycles. The van der Waals surface area contributed by atoms with Crippen molar-refractivity contribution in [1.82, 2.24) is 10.2 Å².